The van der Waals surface area contributed by atoms with Gasteiger partial charge in [0.25, 0.3) is 0 Å². The normalized spacial score (nSPS) is 36.7. The highest BCUT2D eigenvalue weighted by Gasteiger charge is 2.24. The van der Waals surface area contributed by atoms with Crippen LogP contribution in [0.4, 0.5) is 0 Å². The summed E-state index contributed by atoms with van der Waals surface area (Å²) in [5, 5.41) is 0. The first-order valence-electron chi connectivity index (χ1n) is 5.82. The Labute approximate surface area is 81.5 Å². The van der Waals surface area contributed by atoms with Crippen molar-refractivity contribution in [1.82, 2.24) is 4.90 Å². The van der Waals surface area contributed by atoms with Crippen LogP contribution in [0.3, 0.4) is 0 Å². The molecule has 0 amide bonds. The topological polar surface area (TPSA) is 29.3 Å². The van der Waals surface area contributed by atoms with Crippen LogP contribution >= 0.6 is 0 Å². The minimum absolute atomic E-state index is 0.509. The van der Waals surface area contributed by atoms with Gasteiger partial charge in [-0.15, -0.1) is 0 Å². The summed E-state index contributed by atoms with van der Waals surface area (Å²) < 4.78 is 0. The molecule has 2 heteroatoms. The van der Waals surface area contributed by atoms with Crippen LogP contribution in [0.25, 0.3) is 0 Å². The van der Waals surface area contributed by atoms with E-state index in [2.05, 4.69) is 4.90 Å². The van der Waals surface area contributed by atoms with Gasteiger partial charge >= 0.3 is 0 Å². The standard InChI is InChI=1S/C11H22N2/c12-11-5-4-10(8-11)9-13-6-2-1-3-7-13/h10-11H,1-9,12H2/t10-,11+/m0/s1. The van der Waals surface area contributed by atoms with E-state index in [0.717, 1.165) is 5.92 Å². The van der Waals surface area contributed by atoms with Gasteiger partial charge in [-0.05, 0) is 51.1 Å². The quantitative estimate of drug-likeness (QED) is 0.703. The highest BCUT2D eigenvalue weighted by atomic mass is 15.1. The number of nitrogens with zero attached hydrogens (tertiary/aromatic N) is 1. The molecular weight excluding hydrogens is 160 g/mol. The fraction of sp³-hybridized carbons (Fsp3) is 1.00. The molecule has 0 spiro atoms. The molecule has 13 heavy (non-hydrogen) atoms. The minimum Gasteiger partial charge on any atom is -0.328 e. The van der Waals surface area contributed by atoms with Crippen molar-refractivity contribution in [1.29, 1.82) is 0 Å². The van der Waals surface area contributed by atoms with Crippen molar-refractivity contribution in [3.8, 4) is 0 Å². The van der Waals surface area contributed by atoms with E-state index in [9.17, 15) is 0 Å². The van der Waals surface area contributed by atoms with Gasteiger partial charge in [0.15, 0.2) is 0 Å². The van der Waals surface area contributed by atoms with E-state index in [0.29, 0.717) is 6.04 Å². The molecule has 2 aliphatic rings. The molecule has 0 aromatic heterocycles. The van der Waals surface area contributed by atoms with E-state index in [1.165, 1.54) is 58.2 Å². The van der Waals surface area contributed by atoms with Crippen molar-refractivity contribution < 1.29 is 0 Å². The van der Waals surface area contributed by atoms with Crippen LogP contribution in [0.15, 0.2) is 0 Å². The van der Waals surface area contributed by atoms with E-state index >= 15 is 0 Å². The summed E-state index contributed by atoms with van der Waals surface area (Å²) in [5.41, 5.74) is 5.91. The summed E-state index contributed by atoms with van der Waals surface area (Å²) in [6.07, 6.45) is 8.19. The summed E-state index contributed by atoms with van der Waals surface area (Å²) in [6.45, 7) is 4.01. The fourth-order valence-electron chi connectivity index (χ4n) is 2.79. The molecule has 1 aliphatic heterocycles. The first-order chi connectivity index (χ1) is 6.34. The molecule has 0 aromatic rings. The Balaban J connectivity index is 1.71. The van der Waals surface area contributed by atoms with Gasteiger partial charge in [0.1, 0.15) is 0 Å². The number of hydrogen-bond donors (Lipinski definition) is 1. The molecule has 0 radical (unpaired) electrons. The second-order valence-electron chi connectivity index (χ2n) is 4.80. The number of nitrogens with two attached hydrogens (primary N) is 1. The smallest absolute Gasteiger partial charge is 0.00420 e. The van der Waals surface area contributed by atoms with Crippen molar-refractivity contribution >= 4 is 0 Å². The predicted molar refractivity (Wildman–Crippen MR) is 55.6 cm³/mol. The Bertz CT molecular complexity index is 149. The molecule has 1 heterocycles. The third kappa shape index (κ3) is 2.68. The molecule has 0 aromatic carbocycles. The lowest BCUT2D eigenvalue weighted by atomic mass is 10.0. The molecule has 1 aliphatic carbocycles. The summed E-state index contributed by atoms with van der Waals surface area (Å²) in [5.74, 6) is 0.910. The number of likely N-dealkylation sites (tertiary alicyclic amines) is 1. The van der Waals surface area contributed by atoms with Crippen LogP contribution in [-0.4, -0.2) is 30.6 Å². The Hall–Kier alpha value is -0.0800. The highest BCUT2D eigenvalue weighted by molar-refractivity contribution is 4.80. The van der Waals surface area contributed by atoms with E-state index in [4.69, 9.17) is 5.73 Å². The molecule has 1 saturated heterocycles. The molecule has 76 valence electrons. The van der Waals surface area contributed by atoms with E-state index < -0.39 is 0 Å². The van der Waals surface area contributed by atoms with Gasteiger partial charge in [0, 0.05) is 12.6 Å². The number of rotatable bonds is 2. The van der Waals surface area contributed by atoms with Gasteiger partial charge in [-0.3, -0.25) is 0 Å². The lowest BCUT2D eigenvalue weighted by molar-refractivity contribution is 0.196. The maximum Gasteiger partial charge on any atom is 0.00420 e. The lowest BCUT2D eigenvalue weighted by Crippen LogP contribution is -2.34. The van der Waals surface area contributed by atoms with Crippen LogP contribution in [0, 0.1) is 5.92 Å². The second-order valence-corrected chi connectivity index (χ2v) is 4.80. The molecule has 2 N–H and O–H groups in total. The maximum absolute atomic E-state index is 5.91. The van der Waals surface area contributed by atoms with Crippen molar-refractivity contribution in [3.05, 3.63) is 0 Å². The van der Waals surface area contributed by atoms with Crippen molar-refractivity contribution in [2.24, 2.45) is 11.7 Å². The lowest BCUT2D eigenvalue weighted by Gasteiger charge is -2.28. The minimum atomic E-state index is 0.509. The summed E-state index contributed by atoms with van der Waals surface area (Å²) in [7, 11) is 0. The van der Waals surface area contributed by atoms with E-state index in [1.807, 2.05) is 0 Å². The van der Waals surface area contributed by atoms with Gasteiger partial charge in [-0.2, -0.15) is 0 Å². The van der Waals surface area contributed by atoms with E-state index in [-0.39, 0.29) is 0 Å². The SMILES string of the molecule is N[C@@H]1CC[C@H](CN2CCCCC2)C1. The summed E-state index contributed by atoms with van der Waals surface area (Å²) >= 11 is 0. The van der Waals surface area contributed by atoms with Crippen LogP contribution in [0.2, 0.25) is 0 Å². The van der Waals surface area contributed by atoms with Crippen LogP contribution in [-0.2, 0) is 0 Å². The first kappa shape index (κ1) is 9.47. The Kier molecular flexibility index (Phi) is 3.23. The van der Waals surface area contributed by atoms with Crippen LogP contribution in [0.1, 0.15) is 38.5 Å². The zero-order chi connectivity index (χ0) is 9.10. The van der Waals surface area contributed by atoms with Gasteiger partial charge < -0.3 is 10.6 Å². The van der Waals surface area contributed by atoms with Gasteiger partial charge in [-0.1, -0.05) is 6.42 Å². The molecule has 2 fully saturated rings. The maximum atomic E-state index is 5.91. The second kappa shape index (κ2) is 4.43. The molecule has 0 unspecified atom stereocenters. The average Bonchev–Trinajstić information content (AvgIpc) is 2.53. The van der Waals surface area contributed by atoms with Gasteiger partial charge in [-0.25, -0.2) is 0 Å². The molecule has 2 atom stereocenters. The number of piperidine rings is 1. The highest BCUT2D eigenvalue weighted by Crippen LogP contribution is 2.25. The molecule has 0 bridgehead atoms. The van der Waals surface area contributed by atoms with E-state index in [1.54, 1.807) is 0 Å². The molecule has 1 saturated carbocycles. The zero-order valence-corrected chi connectivity index (χ0v) is 8.54. The molecule has 2 rings (SSSR count). The van der Waals surface area contributed by atoms with Crippen molar-refractivity contribution in [2.45, 2.75) is 44.6 Å². The van der Waals surface area contributed by atoms with Crippen molar-refractivity contribution in [3.63, 3.8) is 0 Å². The van der Waals surface area contributed by atoms with Crippen LogP contribution in [0.5, 0.6) is 0 Å². The number of hydrogen-bond acceptors (Lipinski definition) is 2. The van der Waals surface area contributed by atoms with Crippen LogP contribution < -0.4 is 5.73 Å². The van der Waals surface area contributed by atoms with Crippen molar-refractivity contribution in [2.75, 3.05) is 19.6 Å². The van der Waals surface area contributed by atoms with Gasteiger partial charge in [0.05, 0.1) is 0 Å². The third-order valence-corrected chi connectivity index (χ3v) is 3.55. The first-order valence-corrected chi connectivity index (χ1v) is 5.82. The Morgan fingerprint density at radius 3 is 2.46 bits per heavy atom. The Morgan fingerprint density at radius 2 is 1.85 bits per heavy atom. The predicted octanol–water partition coefficient (Wildman–Crippen LogP) is 1.60. The summed E-state index contributed by atoms with van der Waals surface area (Å²) in [6, 6.07) is 0.509. The average molecular weight is 182 g/mol. The summed E-state index contributed by atoms with van der Waals surface area (Å²) in [4.78, 5) is 2.65. The fourth-order valence-corrected chi connectivity index (χ4v) is 2.79. The molecule has 2 nitrogen and oxygen atoms in total. The molecular formula is C11H22N2. The largest absolute Gasteiger partial charge is 0.328 e. The van der Waals surface area contributed by atoms with Gasteiger partial charge in [0.2, 0.25) is 0 Å². The monoisotopic (exact) mass is 182 g/mol. The zero-order valence-electron chi connectivity index (χ0n) is 8.54. The third-order valence-electron chi connectivity index (χ3n) is 3.55. The Morgan fingerprint density at radius 1 is 1.08 bits per heavy atom.